The molecule has 4 saturated heterocycles. The third-order valence-corrected chi connectivity index (χ3v) is 5.05. The standard InChI is InChI=1S/C15H19N3O/c1-15-12-7-8-13(17(15)10-9-16-15)18(14(12)19)11-5-3-2-4-6-11/h2-6,12-13,16H,7-10H2,1H3/t12-,13-,15-/m1/s1. The number of rotatable bonds is 1. The van der Waals surface area contributed by atoms with E-state index in [1.807, 2.05) is 35.2 Å². The van der Waals surface area contributed by atoms with E-state index in [1.54, 1.807) is 0 Å². The van der Waals surface area contributed by atoms with Gasteiger partial charge in [0.1, 0.15) is 0 Å². The molecule has 4 aliphatic heterocycles. The zero-order valence-corrected chi connectivity index (χ0v) is 11.2. The molecule has 19 heavy (non-hydrogen) atoms. The van der Waals surface area contributed by atoms with Crippen molar-refractivity contribution in [2.45, 2.75) is 31.6 Å². The fraction of sp³-hybridized carbons (Fsp3) is 0.533. The van der Waals surface area contributed by atoms with E-state index in [2.05, 4.69) is 17.1 Å². The van der Waals surface area contributed by atoms with E-state index in [0.717, 1.165) is 31.6 Å². The van der Waals surface area contributed by atoms with Crippen molar-refractivity contribution in [3.63, 3.8) is 0 Å². The Hall–Kier alpha value is -1.39. The van der Waals surface area contributed by atoms with Gasteiger partial charge in [-0.3, -0.25) is 19.9 Å². The Bertz CT molecular complexity index is 517. The van der Waals surface area contributed by atoms with Crippen LogP contribution < -0.4 is 10.2 Å². The normalized spacial score (nSPS) is 37.7. The summed E-state index contributed by atoms with van der Waals surface area (Å²) in [5, 5.41) is 3.55. The van der Waals surface area contributed by atoms with Crippen LogP contribution in [0.5, 0.6) is 0 Å². The summed E-state index contributed by atoms with van der Waals surface area (Å²) >= 11 is 0. The third-order valence-electron chi connectivity index (χ3n) is 5.05. The summed E-state index contributed by atoms with van der Waals surface area (Å²) in [5.41, 5.74) is 0.918. The average molecular weight is 257 g/mol. The molecule has 4 aliphatic rings. The van der Waals surface area contributed by atoms with Crippen LogP contribution in [0.25, 0.3) is 0 Å². The minimum absolute atomic E-state index is 0.0835. The first-order valence-electron chi connectivity index (χ1n) is 7.12. The summed E-state index contributed by atoms with van der Waals surface area (Å²) in [5.74, 6) is 0.371. The predicted octanol–water partition coefficient (Wildman–Crippen LogP) is 1.39. The summed E-state index contributed by atoms with van der Waals surface area (Å²) < 4.78 is 0. The number of hydrogen-bond acceptors (Lipinski definition) is 3. The molecule has 1 N–H and O–H groups in total. The fourth-order valence-electron chi connectivity index (χ4n) is 4.13. The molecule has 2 bridgehead atoms. The van der Waals surface area contributed by atoms with Gasteiger partial charge in [0.05, 0.1) is 17.7 Å². The maximum Gasteiger partial charge on any atom is 0.234 e. The minimum Gasteiger partial charge on any atom is -0.297 e. The van der Waals surface area contributed by atoms with Gasteiger partial charge in [0.25, 0.3) is 0 Å². The number of amides is 1. The Morgan fingerprint density at radius 1 is 1.26 bits per heavy atom. The molecule has 1 aromatic carbocycles. The lowest BCUT2D eigenvalue weighted by molar-refractivity contribution is -0.144. The van der Waals surface area contributed by atoms with Gasteiger partial charge in [0, 0.05) is 18.8 Å². The molecule has 5 rings (SSSR count). The van der Waals surface area contributed by atoms with E-state index in [1.165, 1.54) is 0 Å². The van der Waals surface area contributed by atoms with E-state index >= 15 is 0 Å². The number of benzene rings is 1. The summed E-state index contributed by atoms with van der Waals surface area (Å²) in [6, 6.07) is 10.1. The van der Waals surface area contributed by atoms with E-state index in [9.17, 15) is 4.79 Å². The number of para-hydroxylation sites is 1. The molecule has 0 spiro atoms. The van der Waals surface area contributed by atoms with Gasteiger partial charge in [-0.2, -0.15) is 0 Å². The molecule has 4 fully saturated rings. The molecule has 100 valence electrons. The Labute approximate surface area is 113 Å². The number of piperidine rings is 2. The second kappa shape index (κ2) is 3.81. The van der Waals surface area contributed by atoms with E-state index < -0.39 is 0 Å². The van der Waals surface area contributed by atoms with Crippen molar-refractivity contribution >= 4 is 11.6 Å². The molecular weight excluding hydrogens is 238 g/mol. The van der Waals surface area contributed by atoms with Crippen molar-refractivity contribution in [1.29, 1.82) is 0 Å². The first-order chi connectivity index (χ1) is 9.22. The molecule has 3 atom stereocenters. The highest BCUT2D eigenvalue weighted by atomic mass is 16.2. The Kier molecular flexibility index (Phi) is 2.29. The van der Waals surface area contributed by atoms with Crippen LogP contribution in [-0.4, -0.2) is 35.7 Å². The number of hydrogen-bond donors (Lipinski definition) is 1. The number of carbonyl (C=O) groups is 1. The van der Waals surface area contributed by atoms with Crippen molar-refractivity contribution < 1.29 is 4.79 Å². The smallest absolute Gasteiger partial charge is 0.234 e. The molecule has 4 heterocycles. The summed E-state index contributed by atoms with van der Waals surface area (Å²) in [7, 11) is 0. The molecule has 0 aromatic heterocycles. The van der Waals surface area contributed by atoms with Crippen LogP contribution in [0, 0.1) is 5.92 Å². The monoisotopic (exact) mass is 257 g/mol. The van der Waals surface area contributed by atoms with Crippen LogP contribution in [0.2, 0.25) is 0 Å². The van der Waals surface area contributed by atoms with Gasteiger partial charge in [0.2, 0.25) is 5.91 Å². The van der Waals surface area contributed by atoms with Gasteiger partial charge in [-0.25, -0.2) is 0 Å². The van der Waals surface area contributed by atoms with Crippen molar-refractivity contribution in [1.82, 2.24) is 10.2 Å². The summed E-state index contributed by atoms with van der Waals surface area (Å²) in [4.78, 5) is 17.3. The molecule has 1 aromatic rings. The van der Waals surface area contributed by atoms with Crippen molar-refractivity contribution in [3.8, 4) is 0 Å². The maximum atomic E-state index is 12.8. The van der Waals surface area contributed by atoms with Crippen LogP contribution in [0.3, 0.4) is 0 Å². The fourth-order valence-corrected chi connectivity index (χ4v) is 4.13. The van der Waals surface area contributed by atoms with Crippen LogP contribution in [0.4, 0.5) is 5.69 Å². The highest BCUT2D eigenvalue weighted by Crippen LogP contribution is 2.45. The largest absolute Gasteiger partial charge is 0.297 e. The van der Waals surface area contributed by atoms with E-state index in [-0.39, 0.29) is 23.7 Å². The first kappa shape index (κ1) is 11.4. The molecule has 4 nitrogen and oxygen atoms in total. The molecule has 4 heteroatoms. The van der Waals surface area contributed by atoms with Gasteiger partial charge >= 0.3 is 0 Å². The number of nitrogens with zero attached hydrogens (tertiary/aromatic N) is 2. The van der Waals surface area contributed by atoms with Crippen molar-refractivity contribution in [3.05, 3.63) is 30.3 Å². The number of fused-ring (bicyclic) bond motifs is 2. The Balaban J connectivity index is 1.78. The zero-order chi connectivity index (χ0) is 13.0. The molecule has 0 unspecified atom stereocenters. The van der Waals surface area contributed by atoms with Crippen LogP contribution >= 0.6 is 0 Å². The van der Waals surface area contributed by atoms with Gasteiger partial charge in [-0.05, 0) is 31.9 Å². The summed E-state index contributed by atoms with van der Waals surface area (Å²) in [6.07, 6.45) is 2.31. The number of anilines is 1. The first-order valence-corrected chi connectivity index (χ1v) is 7.12. The SMILES string of the molecule is C[C@@]12NCCN1[C@H]1CC[C@@H]2C(=O)N1c1ccccc1. The van der Waals surface area contributed by atoms with Gasteiger partial charge in [-0.1, -0.05) is 18.2 Å². The molecular formula is C15H19N3O. The van der Waals surface area contributed by atoms with Crippen LogP contribution in [0.15, 0.2) is 30.3 Å². The average Bonchev–Trinajstić information content (AvgIpc) is 2.84. The maximum absolute atomic E-state index is 12.8. The molecule has 0 radical (unpaired) electrons. The topological polar surface area (TPSA) is 35.6 Å². The van der Waals surface area contributed by atoms with Crippen molar-refractivity contribution in [2.75, 3.05) is 18.0 Å². The van der Waals surface area contributed by atoms with Gasteiger partial charge < -0.3 is 0 Å². The molecule has 0 saturated carbocycles. The van der Waals surface area contributed by atoms with Crippen molar-refractivity contribution in [2.24, 2.45) is 5.92 Å². The van der Waals surface area contributed by atoms with Gasteiger partial charge in [0.15, 0.2) is 0 Å². The second-order valence-corrected chi connectivity index (χ2v) is 5.92. The Morgan fingerprint density at radius 2 is 2.05 bits per heavy atom. The lowest BCUT2D eigenvalue weighted by Crippen LogP contribution is -2.74. The van der Waals surface area contributed by atoms with E-state index in [0.29, 0.717) is 0 Å². The Morgan fingerprint density at radius 3 is 2.84 bits per heavy atom. The van der Waals surface area contributed by atoms with Crippen LogP contribution in [-0.2, 0) is 4.79 Å². The third kappa shape index (κ3) is 1.38. The molecule has 1 amide bonds. The molecule has 0 aliphatic carbocycles. The zero-order valence-electron chi connectivity index (χ0n) is 11.2. The minimum atomic E-state index is -0.120. The highest BCUT2D eigenvalue weighted by Gasteiger charge is 2.59. The lowest BCUT2D eigenvalue weighted by atomic mass is 9.78. The number of carbonyl (C=O) groups excluding carboxylic acids is 1. The second-order valence-electron chi connectivity index (χ2n) is 5.92. The quantitative estimate of drug-likeness (QED) is 0.826. The lowest BCUT2D eigenvalue weighted by Gasteiger charge is -2.58. The summed E-state index contributed by atoms with van der Waals surface area (Å²) in [6.45, 7) is 4.21. The van der Waals surface area contributed by atoms with Crippen LogP contribution in [0.1, 0.15) is 19.8 Å². The highest BCUT2D eigenvalue weighted by molar-refractivity contribution is 5.98. The van der Waals surface area contributed by atoms with Gasteiger partial charge in [-0.15, -0.1) is 0 Å². The number of nitrogens with one attached hydrogen (secondary N) is 1. The predicted molar refractivity (Wildman–Crippen MR) is 73.6 cm³/mol. The van der Waals surface area contributed by atoms with E-state index in [4.69, 9.17) is 0 Å².